The van der Waals surface area contributed by atoms with Gasteiger partial charge in [-0.3, -0.25) is 5.32 Å². The van der Waals surface area contributed by atoms with Crippen LogP contribution in [0.5, 0.6) is 0 Å². The van der Waals surface area contributed by atoms with E-state index in [-0.39, 0.29) is 18.7 Å². The predicted octanol–water partition coefficient (Wildman–Crippen LogP) is 5.25. The van der Waals surface area contributed by atoms with E-state index in [2.05, 4.69) is 84.2 Å². The van der Waals surface area contributed by atoms with Gasteiger partial charge in [0.25, 0.3) is 0 Å². The Morgan fingerprint density at radius 2 is 1.22 bits per heavy atom. The van der Waals surface area contributed by atoms with E-state index >= 15 is 0 Å². The molecule has 0 unspecified atom stereocenters. The van der Waals surface area contributed by atoms with Crippen molar-refractivity contribution in [1.82, 2.24) is 5.32 Å². The van der Waals surface area contributed by atoms with Crippen LogP contribution in [0, 0.1) is 0 Å². The van der Waals surface area contributed by atoms with E-state index < -0.39 is 0 Å². The summed E-state index contributed by atoms with van der Waals surface area (Å²) in [6.45, 7) is 0.0398. The average Bonchev–Trinajstić information content (AvgIpc) is 2.76. The van der Waals surface area contributed by atoms with Crippen molar-refractivity contribution >= 4 is 10.8 Å². The van der Waals surface area contributed by atoms with Crippen LogP contribution in [0.15, 0.2) is 103 Å². The van der Waals surface area contributed by atoms with E-state index in [1.807, 2.05) is 24.3 Å². The highest BCUT2D eigenvalue weighted by Gasteiger charge is 2.21. The Morgan fingerprint density at radius 1 is 0.630 bits per heavy atom. The molecule has 0 heterocycles. The lowest BCUT2D eigenvalue weighted by molar-refractivity contribution is 0.238. The summed E-state index contributed by atoms with van der Waals surface area (Å²) >= 11 is 0. The summed E-state index contributed by atoms with van der Waals surface area (Å²) in [5.41, 5.74) is 3.48. The first kappa shape index (κ1) is 17.5. The molecule has 27 heavy (non-hydrogen) atoms. The third kappa shape index (κ3) is 3.77. The van der Waals surface area contributed by atoms with Crippen molar-refractivity contribution in [2.75, 3.05) is 6.61 Å². The summed E-state index contributed by atoms with van der Waals surface area (Å²) in [4.78, 5) is 0. The van der Waals surface area contributed by atoms with Crippen LogP contribution in [-0.4, -0.2) is 11.7 Å². The fourth-order valence-corrected chi connectivity index (χ4v) is 3.65. The minimum atomic E-state index is -0.143. The molecule has 0 saturated heterocycles. The molecule has 0 aliphatic heterocycles. The fourth-order valence-electron chi connectivity index (χ4n) is 3.65. The summed E-state index contributed by atoms with van der Waals surface area (Å²) < 4.78 is 0. The molecular weight excluding hydrogens is 330 g/mol. The molecule has 0 fully saturated rings. The highest BCUT2D eigenvalue weighted by molar-refractivity contribution is 5.86. The zero-order chi connectivity index (χ0) is 18.5. The highest BCUT2D eigenvalue weighted by Crippen LogP contribution is 2.31. The van der Waals surface area contributed by atoms with Gasteiger partial charge in [-0.15, -0.1) is 0 Å². The van der Waals surface area contributed by atoms with Gasteiger partial charge in [-0.1, -0.05) is 103 Å². The lowest BCUT2D eigenvalue weighted by Crippen LogP contribution is -2.29. The van der Waals surface area contributed by atoms with E-state index in [4.69, 9.17) is 0 Å². The quantitative estimate of drug-likeness (QED) is 0.496. The van der Waals surface area contributed by atoms with Crippen LogP contribution in [0.4, 0.5) is 0 Å². The lowest BCUT2D eigenvalue weighted by atomic mass is 9.92. The van der Waals surface area contributed by atoms with Gasteiger partial charge in [0.15, 0.2) is 0 Å². The summed E-state index contributed by atoms with van der Waals surface area (Å²) in [6.07, 6.45) is 0. The monoisotopic (exact) mass is 353 g/mol. The van der Waals surface area contributed by atoms with Gasteiger partial charge >= 0.3 is 0 Å². The zero-order valence-electron chi connectivity index (χ0n) is 15.1. The van der Waals surface area contributed by atoms with Crippen LogP contribution in [-0.2, 0) is 0 Å². The van der Waals surface area contributed by atoms with Crippen LogP contribution in [0.1, 0.15) is 28.8 Å². The maximum Gasteiger partial charge on any atom is 0.0626 e. The fraction of sp³-hybridized carbons (Fsp3) is 0.120. The minimum Gasteiger partial charge on any atom is -0.394 e. The second kappa shape index (κ2) is 8.17. The minimum absolute atomic E-state index is 0.0188. The number of fused-ring (bicyclic) bond motifs is 1. The third-order valence-corrected chi connectivity index (χ3v) is 5.02. The summed E-state index contributed by atoms with van der Waals surface area (Å²) in [7, 11) is 0. The Labute approximate surface area is 160 Å². The molecule has 0 saturated carbocycles. The van der Waals surface area contributed by atoms with Crippen LogP contribution < -0.4 is 5.32 Å². The van der Waals surface area contributed by atoms with Crippen molar-refractivity contribution in [3.8, 4) is 0 Å². The second-order valence-corrected chi connectivity index (χ2v) is 6.72. The lowest BCUT2D eigenvalue weighted by Gasteiger charge is -2.27. The molecule has 0 aliphatic rings. The van der Waals surface area contributed by atoms with Gasteiger partial charge < -0.3 is 5.11 Å². The standard InChI is InChI=1S/C25H23NO/c27-18-24(20-11-3-1-4-12-20)26-25(21-13-5-2-6-14-21)23-17-9-15-19-10-7-8-16-22(19)23/h1-17,24-27H,18H2/t24-,25+/m0/s1. The van der Waals surface area contributed by atoms with Crippen molar-refractivity contribution in [1.29, 1.82) is 0 Å². The van der Waals surface area contributed by atoms with E-state index in [0.29, 0.717) is 0 Å². The second-order valence-electron chi connectivity index (χ2n) is 6.72. The maximum absolute atomic E-state index is 10.1. The Bertz CT molecular complexity index is 993. The number of nitrogens with one attached hydrogen (secondary N) is 1. The SMILES string of the molecule is OC[C@H](N[C@H](c1ccccc1)c1cccc2ccccc12)c1ccccc1. The van der Waals surface area contributed by atoms with Crippen LogP contribution in [0.2, 0.25) is 0 Å². The van der Waals surface area contributed by atoms with Gasteiger partial charge in [0.05, 0.1) is 18.7 Å². The van der Waals surface area contributed by atoms with E-state index in [1.165, 1.54) is 21.9 Å². The molecule has 0 amide bonds. The Balaban J connectivity index is 1.80. The van der Waals surface area contributed by atoms with Gasteiger partial charge in [-0.25, -0.2) is 0 Å². The van der Waals surface area contributed by atoms with Gasteiger partial charge in [0.2, 0.25) is 0 Å². The molecule has 0 bridgehead atoms. The average molecular weight is 353 g/mol. The van der Waals surface area contributed by atoms with Gasteiger partial charge in [-0.2, -0.15) is 0 Å². The van der Waals surface area contributed by atoms with Gasteiger partial charge in [-0.05, 0) is 27.5 Å². The summed E-state index contributed by atoms with van der Waals surface area (Å²) in [5, 5.41) is 16.2. The van der Waals surface area contributed by atoms with Crippen molar-refractivity contribution in [3.63, 3.8) is 0 Å². The molecule has 2 nitrogen and oxygen atoms in total. The van der Waals surface area contributed by atoms with Gasteiger partial charge in [0.1, 0.15) is 0 Å². The molecule has 0 spiro atoms. The summed E-state index contributed by atoms with van der Waals surface area (Å²) in [5.74, 6) is 0. The molecule has 4 aromatic carbocycles. The molecule has 0 radical (unpaired) electrons. The molecule has 134 valence electrons. The van der Waals surface area contributed by atoms with Crippen molar-refractivity contribution in [2.45, 2.75) is 12.1 Å². The topological polar surface area (TPSA) is 32.3 Å². The van der Waals surface area contributed by atoms with Crippen LogP contribution in [0.25, 0.3) is 10.8 Å². The molecular formula is C25H23NO. The first-order valence-corrected chi connectivity index (χ1v) is 9.31. The molecule has 0 aliphatic carbocycles. The van der Waals surface area contributed by atoms with E-state index in [1.54, 1.807) is 0 Å². The Kier molecular flexibility index (Phi) is 5.29. The predicted molar refractivity (Wildman–Crippen MR) is 112 cm³/mol. The van der Waals surface area contributed by atoms with E-state index in [0.717, 1.165) is 5.56 Å². The number of hydrogen-bond donors (Lipinski definition) is 2. The molecule has 4 aromatic rings. The van der Waals surface area contributed by atoms with Crippen molar-refractivity contribution < 1.29 is 5.11 Å². The normalized spacial score (nSPS) is 13.4. The number of rotatable bonds is 6. The van der Waals surface area contributed by atoms with Crippen molar-refractivity contribution in [2.24, 2.45) is 0 Å². The number of aliphatic hydroxyl groups is 1. The first-order valence-electron chi connectivity index (χ1n) is 9.31. The number of hydrogen-bond acceptors (Lipinski definition) is 2. The molecule has 2 N–H and O–H groups in total. The number of benzene rings is 4. The Morgan fingerprint density at radius 3 is 1.93 bits per heavy atom. The first-order chi connectivity index (χ1) is 13.4. The summed E-state index contributed by atoms with van der Waals surface area (Å²) in [6, 6.07) is 35.3. The third-order valence-electron chi connectivity index (χ3n) is 5.02. The molecule has 2 heteroatoms. The van der Waals surface area contributed by atoms with Crippen LogP contribution in [0.3, 0.4) is 0 Å². The van der Waals surface area contributed by atoms with Crippen LogP contribution >= 0.6 is 0 Å². The molecule has 4 rings (SSSR count). The smallest absolute Gasteiger partial charge is 0.0626 e. The zero-order valence-corrected chi connectivity index (χ0v) is 15.1. The van der Waals surface area contributed by atoms with Crippen molar-refractivity contribution in [3.05, 3.63) is 120 Å². The maximum atomic E-state index is 10.1. The molecule has 2 atom stereocenters. The van der Waals surface area contributed by atoms with E-state index in [9.17, 15) is 5.11 Å². The highest BCUT2D eigenvalue weighted by atomic mass is 16.3. The number of aliphatic hydroxyl groups excluding tert-OH is 1. The largest absolute Gasteiger partial charge is 0.394 e. The molecule has 0 aromatic heterocycles. The Hall–Kier alpha value is -2.94. The van der Waals surface area contributed by atoms with Gasteiger partial charge in [0, 0.05) is 0 Å².